The van der Waals surface area contributed by atoms with Crippen LogP contribution in [0.15, 0.2) is 24.3 Å². The Bertz CT molecular complexity index is 865. The predicted octanol–water partition coefficient (Wildman–Crippen LogP) is 3.85. The van der Waals surface area contributed by atoms with Gasteiger partial charge in [0.05, 0.1) is 13.2 Å². The molecule has 6 heteroatoms. The second-order valence-electron chi connectivity index (χ2n) is 6.86. The third-order valence-electron chi connectivity index (χ3n) is 4.61. The van der Waals surface area contributed by atoms with Crippen molar-refractivity contribution in [3.8, 4) is 0 Å². The molecular formula is C22H28N2O4. The average Bonchev–Trinajstić information content (AvgIpc) is 2.96. The van der Waals surface area contributed by atoms with Gasteiger partial charge < -0.3 is 14.6 Å². The first kappa shape index (κ1) is 21.4. The summed E-state index contributed by atoms with van der Waals surface area (Å²) in [7, 11) is 0. The zero-order valence-corrected chi connectivity index (χ0v) is 17.2. The molecule has 1 heterocycles. The first-order valence-corrected chi connectivity index (χ1v) is 9.55. The Balaban J connectivity index is 2.26. The first-order chi connectivity index (χ1) is 13.3. The molecule has 1 aromatic heterocycles. The number of nitrogens with zero attached hydrogens (tertiary/aromatic N) is 1. The molecule has 0 unspecified atom stereocenters. The van der Waals surface area contributed by atoms with Gasteiger partial charge in [-0.15, -0.1) is 0 Å². The molecule has 0 fully saturated rings. The van der Waals surface area contributed by atoms with Crippen LogP contribution in [0.1, 0.15) is 68.3 Å². The van der Waals surface area contributed by atoms with Crippen molar-refractivity contribution in [2.75, 3.05) is 19.7 Å². The average molecular weight is 384 g/mol. The number of rotatable bonds is 8. The monoisotopic (exact) mass is 384 g/mol. The summed E-state index contributed by atoms with van der Waals surface area (Å²) in [6, 6.07) is 7.31. The van der Waals surface area contributed by atoms with Crippen molar-refractivity contribution in [1.82, 2.24) is 9.88 Å². The smallest absolute Gasteiger partial charge is 0.355 e. The fourth-order valence-corrected chi connectivity index (χ4v) is 3.23. The van der Waals surface area contributed by atoms with Gasteiger partial charge in [-0.3, -0.25) is 9.59 Å². The fraction of sp³-hybridized carbons (Fsp3) is 0.409. The lowest BCUT2D eigenvalue weighted by atomic mass is 10.0. The van der Waals surface area contributed by atoms with E-state index >= 15 is 0 Å². The molecule has 0 saturated heterocycles. The third-order valence-corrected chi connectivity index (χ3v) is 4.61. The number of aryl methyl sites for hydroxylation is 2. The van der Waals surface area contributed by atoms with Gasteiger partial charge in [0.1, 0.15) is 5.69 Å². The van der Waals surface area contributed by atoms with E-state index < -0.39 is 5.97 Å². The summed E-state index contributed by atoms with van der Waals surface area (Å²) in [4.78, 5) is 42.4. The second kappa shape index (κ2) is 9.35. The standard InChI is InChI=1S/C22H28N2O4/c1-6-12-24(21(26)17-10-8-14(3)9-11-17)13-18(25)19-15(4)20(23-16(19)5)22(27)28-7-2/h8-11,23H,6-7,12-13H2,1-5H3. The molecule has 0 bridgehead atoms. The highest BCUT2D eigenvalue weighted by Crippen LogP contribution is 2.20. The van der Waals surface area contributed by atoms with Crippen molar-refractivity contribution in [2.24, 2.45) is 0 Å². The minimum Gasteiger partial charge on any atom is -0.461 e. The number of amides is 1. The van der Waals surface area contributed by atoms with Gasteiger partial charge in [-0.25, -0.2) is 4.79 Å². The number of carbonyl (C=O) groups excluding carboxylic acids is 3. The summed E-state index contributed by atoms with van der Waals surface area (Å²) in [5, 5.41) is 0. The summed E-state index contributed by atoms with van der Waals surface area (Å²) < 4.78 is 5.04. The molecule has 6 nitrogen and oxygen atoms in total. The molecular weight excluding hydrogens is 356 g/mol. The maximum absolute atomic E-state index is 13.0. The van der Waals surface area contributed by atoms with Gasteiger partial charge in [0.25, 0.3) is 5.91 Å². The van der Waals surface area contributed by atoms with Crippen LogP contribution in [0.2, 0.25) is 0 Å². The van der Waals surface area contributed by atoms with Crippen molar-refractivity contribution in [1.29, 1.82) is 0 Å². The number of hydrogen-bond donors (Lipinski definition) is 1. The Morgan fingerprint density at radius 3 is 2.25 bits per heavy atom. The van der Waals surface area contributed by atoms with E-state index in [9.17, 15) is 14.4 Å². The van der Waals surface area contributed by atoms with Crippen LogP contribution in [-0.4, -0.2) is 47.2 Å². The lowest BCUT2D eigenvalue weighted by Crippen LogP contribution is -2.36. The van der Waals surface area contributed by atoms with E-state index in [4.69, 9.17) is 4.74 Å². The molecule has 150 valence electrons. The second-order valence-corrected chi connectivity index (χ2v) is 6.86. The van der Waals surface area contributed by atoms with Crippen molar-refractivity contribution in [3.63, 3.8) is 0 Å². The molecule has 0 atom stereocenters. The minimum atomic E-state index is -0.483. The maximum atomic E-state index is 13.0. The Morgan fingerprint density at radius 1 is 1.04 bits per heavy atom. The van der Waals surface area contributed by atoms with Crippen LogP contribution in [0.5, 0.6) is 0 Å². The molecule has 2 rings (SSSR count). The van der Waals surface area contributed by atoms with Gasteiger partial charge in [0.15, 0.2) is 5.78 Å². The SMILES string of the molecule is CCCN(CC(=O)c1c(C)[nH]c(C(=O)OCC)c1C)C(=O)c1ccc(C)cc1. The van der Waals surface area contributed by atoms with E-state index in [2.05, 4.69) is 4.98 Å². The summed E-state index contributed by atoms with van der Waals surface area (Å²) in [5.74, 6) is -0.856. The number of carbonyl (C=O) groups is 3. The van der Waals surface area contributed by atoms with Crippen LogP contribution >= 0.6 is 0 Å². The topological polar surface area (TPSA) is 79.5 Å². The molecule has 0 radical (unpaired) electrons. The van der Waals surface area contributed by atoms with Crippen LogP contribution in [0.3, 0.4) is 0 Å². The van der Waals surface area contributed by atoms with Gasteiger partial charge in [-0.05, 0) is 51.8 Å². The molecule has 0 aliphatic carbocycles. The van der Waals surface area contributed by atoms with E-state index in [0.29, 0.717) is 28.9 Å². The van der Waals surface area contributed by atoms with E-state index in [0.717, 1.165) is 12.0 Å². The minimum absolute atomic E-state index is 0.0393. The van der Waals surface area contributed by atoms with Crippen LogP contribution in [0.4, 0.5) is 0 Å². The molecule has 1 amide bonds. The molecule has 1 aromatic carbocycles. The van der Waals surface area contributed by atoms with Crippen molar-refractivity contribution < 1.29 is 19.1 Å². The van der Waals surface area contributed by atoms with Gasteiger partial charge in [-0.2, -0.15) is 0 Å². The van der Waals surface area contributed by atoms with Gasteiger partial charge >= 0.3 is 5.97 Å². The van der Waals surface area contributed by atoms with Crippen molar-refractivity contribution in [2.45, 2.75) is 41.0 Å². The Labute approximate surface area is 165 Å². The number of H-pyrrole nitrogens is 1. The maximum Gasteiger partial charge on any atom is 0.355 e. The molecule has 28 heavy (non-hydrogen) atoms. The van der Waals surface area contributed by atoms with E-state index in [1.807, 2.05) is 26.0 Å². The lowest BCUT2D eigenvalue weighted by Gasteiger charge is -2.22. The molecule has 0 spiro atoms. The normalized spacial score (nSPS) is 10.6. The van der Waals surface area contributed by atoms with E-state index in [1.165, 1.54) is 0 Å². The number of aromatic amines is 1. The van der Waals surface area contributed by atoms with E-state index in [1.54, 1.807) is 37.8 Å². The molecule has 1 N–H and O–H groups in total. The highest BCUT2D eigenvalue weighted by Gasteiger charge is 2.25. The number of Topliss-reactive ketones (excluding diaryl/α,β-unsaturated/α-hetero) is 1. The summed E-state index contributed by atoms with van der Waals surface area (Å²) in [5.41, 5.74) is 3.52. The van der Waals surface area contributed by atoms with Gasteiger partial charge in [0.2, 0.25) is 0 Å². The molecule has 0 aliphatic rings. The quantitative estimate of drug-likeness (QED) is 0.554. The van der Waals surface area contributed by atoms with Crippen LogP contribution < -0.4 is 0 Å². The van der Waals surface area contributed by atoms with Crippen LogP contribution in [0, 0.1) is 20.8 Å². The number of ketones is 1. The fourth-order valence-electron chi connectivity index (χ4n) is 3.23. The Hall–Kier alpha value is -2.89. The molecule has 0 saturated carbocycles. The van der Waals surface area contributed by atoms with Gasteiger partial charge in [-0.1, -0.05) is 24.6 Å². The Kier molecular flexibility index (Phi) is 7.15. The Morgan fingerprint density at radius 2 is 1.68 bits per heavy atom. The molecule has 2 aromatic rings. The zero-order chi connectivity index (χ0) is 20.8. The van der Waals surface area contributed by atoms with Gasteiger partial charge in [0, 0.05) is 23.4 Å². The molecule has 0 aliphatic heterocycles. The van der Waals surface area contributed by atoms with Crippen molar-refractivity contribution in [3.05, 3.63) is 57.9 Å². The number of nitrogens with one attached hydrogen (secondary N) is 1. The van der Waals surface area contributed by atoms with Crippen LogP contribution in [-0.2, 0) is 4.74 Å². The van der Waals surface area contributed by atoms with E-state index in [-0.39, 0.29) is 30.5 Å². The lowest BCUT2D eigenvalue weighted by molar-refractivity contribution is 0.0519. The largest absolute Gasteiger partial charge is 0.461 e. The third kappa shape index (κ3) is 4.68. The first-order valence-electron chi connectivity index (χ1n) is 9.55. The summed E-state index contributed by atoms with van der Waals surface area (Å²) >= 11 is 0. The predicted molar refractivity (Wildman–Crippen MR) is 108 cm³/mol. The van der Waals surface area contributed by atoms with Crippen molar-refractivity contribution >= 4 is 17.7 Å². The number of aromatic nitrogens is 1. The van der Waals surface area contributed by atoms with Crippen LogP contribution in [0.25, 0.3) is 0 Å². The zero-order valence-electron chi connectivity index (χ0n) is 17.2. The number of benzene rings is 1. The highest BCUT2D eigenvalue weighted by molar-refractivity contribution is 6.05. The number of esters is 1. The highest BCUT2D eigenvalue weighted by atomic mass is 16.5. The number of ether oxygens (including phenoxy) is 1. The summed E-state index contributed by atoms with van der Waals surface area (Å²) in [6.07, 6.45) is 0.740. The number of hydrogen-bond acceptors (Lipinski definition) is 4. The summed E-state index contributed by atoms with van der Waals surface area (Å²) in [6.45, 7) is 9.81.